The first-order chi connectivity index (χ1) is 16.5. The quantitative estimate of drug-likeness (QED) is 0.572. The topological polar surface area (TPSA) is 66.8 Å². The summed E-state index contributed by atoms with van der Waals surface area (Å²) in [5, 5.41) is 2.64. The average molecular weight is 469 g/mol. The number of hydrogen-bond acceptors (Lipinski definition) is 3. The van der Waals surface area contributed by atoms with Gasteiger partial charge in [0.05, 0.1) is 12.6 Å². The molecule has 1 aliphatic rings. The molecular formula is C25H26F2N4O3. The molecule has 2 aromatic carbocycles. The van der Waals surface area contributed by atoms with E-state index in [9.17, 15) is 18.4 Å². The van der Waals surface area contributed by atoms with Gasteiger partial charge in [-0.05, 0) is 48.0 Å². The Balaban J connectivity index is 1.55. The monoisotopic (exact) mass is 468 g/mol. The fourth-order valence-corrected chi connectivity index (χ4v) is 4.12. The molecule has 0 saturated carbocycles. The van der Waals surface area contributed by atoms with Gasteiger partial charge in [-0.3, -0.25) is 4.79 Å². The van der Waals surface area contributed by atoms with E-state index in [-0.39, 0.29) is 31.4 Å². The minimum Gasteiger partial charge on any atom is -0.383 e. The lowest BCUT2D eigenvalue weighted by molar-refractivity contribution is -0.134. The number of nitrogens with one attached hydrogen (secondary N) is 1. The van der Waals surface area contributed by atoms with Crippen molar-refractivity contribution in [2.45, 2.75) is 12.6 Å². The molecule has 3 aromatic rings. The van der Waals surface area contributed by atoms with Crippen LogP contribution in [0, 0.1) is 11.6 Å². The minimum atomic E-state index is -0.533. The Hall–Kier alpha value is -3.72. The Morgan fingerprint density at radius 3 is 2.59 bits per heavy atom. The number of aromatic nitrogens is 1. The number of urea groups is 1. The molecule has 9 heteroatoms. The number of rotatable bonds is 7. The standard InChI is InChI=1S/C25H26F2N4O3/c1-34-15-14-30(25(33)28-21-5-2-4-20(27)16-21)17-23(32)31-13-12-29-11-3-6-22(29)24(31)18-7-9-19(26)10-8-18/h2-11,16,24H,12-15,17H2,1H3,(H,28,33)/t24-/m0/s1. The first kappa shape index (κ1) is 23.4. The SMILES string of the molecule is COCCN(CC(=O)N1CCn2cccc2[C@@H]1c1ccc(F)cc1)C(=O)Nc1cccc(F)c1. The minimum absolute atomic E-state index is 0.175. The van der Waals surface area contributed by atoms with Crippen molar-refractivity contribution in [1.29, 1.82) is 0 Å². The van der Waals surface area contributed by atoms with Crippen LogP contribution in [0.15, 0.2) is 66.9 Å². The number of ether oxygens (including phenoxy) is 1. The lowest BCUT2D eigenvalue weighted by Gasteiger charge is -2.38. The molecule has 7 nitrogen and oxygen atoms in total. The third-order valence-electron chi connectivity index (χ3n) is 5.80. The number of carbonyl (C=O) groups excluding carboxylic acids is 2. The van der Waals surface area contributed by atoms with Crippen LogP contribution >= 0.6 is 0 Å². The molecule has 0 radical (unpaired) electrons. The molecule has 34 heavy (non-hydrogen) atoms. The van der Waals surface area contributed by atoms with E-state index in [2.05, 4.69) is 9.88 Å². The summed E-state index contributed by atoms with van der Waals surface area (Å²) < 4.78 is 34.3. The summed E-state index contributed by atoms with van der Waals surface area (Å²) in [4.78, 5) is 29.4. The van der Waals surface area contributed by atoms with Gasteiger partial charge in [0.2, 0.25) is 5.91 Å². The number of amides is 3. The third kappa shape index (κ3) is 5.26. The highest BCUT2D eigenvalue weighted by molar-refractivity contribution is 5.92. The highest BCUT2D eigenvalue weighted by atomic mass is 19.1. The van der Waals surface area contributed by atoms with Gasteiger partial charge < -0.3 is 24.4 Å². The first-order valence-corrected chi connectivity index (χ1v) is 11.0. The highest BCUT2D eigenvalue weighted by Crippen LogP contribution is 2.32. The Morgan fingerprint density at radius 1 is 1.06 bits per heavy atom. The van der Waals surface area contributed by atoms with Gasteiger partial charge in [0, 0.05) is 44.3 Å². The number of nitrogens with zero attached hydrogens (tertiary/aromatic N) is 3. The number of hydrogen-bond donors (Lipinski definition) is 1. The largest absolute Gasteiger partial charge is 0.383 e. The summed E-state index contributed by atoms with van der Waals surface area (Å²) in [6, 6.07) is 14.5. The lowest BCUT2D eigenvalue weighted by Crippen LogP contribution is -2.49. The Kier molecular flexibility index (Phi) is 7.22. The summed E-state index contributed by atoms with van der Waals surface area (Å²) in [5.74, 6) is -1.09. The maximum Gasteiger partial charge on any atom is 0.322 e. The smallest absolute Gasteiger partial charge is 0.322 e. The predicted molar refractivity (Wildman–Crippen MR) is 123 cm³/mol. The van der Waals surface area contributed by atoms with Crippen LogP contribution in [0.1, 0.15) is 17.3 Å². The second kappa shape index (κ2) is 10.5. The number of anilines is 1. The van der Waals surface area contributed by atoms with Gasteiger partial charge >= 0.3 is 6.03 Å². The molecule has 1 atom stereocenters. The summed E-state index contributed by atoms with van der Waals surface area (Å²) in [7, 11) is 1.51. The average Bonchev–Trinajstić information content (AvgIpc) is 3.30. The lowest BCUT2D eigenvalue weighted by atomic mass is 9.99. The molecular weight excluding hydrogens is 442 g/mol. The van der Waals surface area contributed by atoms with E-state index in [1.807, 2.05) is 18.3 Å². The molecule has 0 bridgehead atoms. The van der Waals surface area contributed by atoms with E-state index in [4.69, 9.17) is 4.74 Å². The van der Waals surface area contributed by atoms with E-state index in [1.54, 1.807) is 23.1 Å². The van der Waals surface area contributed by atoms with Gasteiger partial charge in [0.25, 0.3) is 0 Å². The second-order valence-corrected chi connectivity index (χ2v) is 8.02. The Morgan fingerprint density at radius 2 is 1.85 bits per heavy atom. The zero-order valence-corrected chi connectivity index (χ0v) is 18.8. The Bertz CT molecular complexity index is 1150. The third-order valence-corrected chi connectivity index (χ3v) is 5.80. The van der Waals surface area contributed by atoms with Crippen LogP contribution < -0.4 is 5.32 Å². The molecule has 0 spiro atoms. The molecule has 4 rings (SSSR count). The molecule has 0 unspecified atom stereocenters. The van der Waals surface area contributed by atoms with E-state index in [0.717, 1.165) is 11.3 Å². The van der Waals surface area contributed by atoms with Gasteiger partial charge in [-0.1, -0.05) is 18.2 Å². The van der Waals surface area contributed by atoms with Gasteiger partial charge in [-0.15, -0.1) is 0 Å². The Labute approximate surface area is 196 Å². The molecule has 0 aliphatic carbocycles. The van der Waals surface area contributed by atoms with E-state index >= 15 is 0 Å². The summed E-state index contributed by atoms with van der Waals surface area (Å²) in [6.07, 6.45) is 1.95. The molecule has 3 amide bonds. The highest BCUT2D eigenvalue weighted by Gasteiger charge is 2.33. The molecule has 2 heterocycles. The van der Waals surface area contributed by atoms with Crippen molar-refractivity contribution in [1.82, 2.24) is 14.4 Å². The number of benzene rings is 2. The zero-order chi connectivity index (χ0) is 24.1. The van der Waals surface area contributed by atoms with Gasteiger partial charge in [0.15, 0.2) is 0 Å². The van der Waals surface area contributed by atoms with Crippen molar-refractivity contribution < 1.29 is 23.1 Å². The molecule has 1 aromatic heterocycles. The molecule has 1 aliphatic heterocycles. The second-order valence-electron chi connectivity index (χ2n) is 8.02. The fourth-order valence-electron chi connectivity index (χ4n) is 4.12. The van der Waals surface area contributed by atoms with Crippen molar-refractivity contribution in [3.63, 3.8) is 0 Å². The van der Waals surface area contributed by atoms with Crippen LogP contribution in [-0.4, -0.2) is 59.7 Å². The van der Waals surface area contributed by atoms with Crippen LogP contribution in [-0.2, 0) is 16.1 Å². The predicted octanol–water partition coefficient (Wildman–Crippen LogP) is 3.88. The molecule has 1 N–H and O–H groups in total. The maximum atomic E-state index is 13.6. The number of fused-ring (bicyclic) bond motifs is 1. The molecule has 178 valence electrons. The number of halogens is 2. The summed E-state index contributed by atoms with van der Waals surface area (Å²) in [5.41, 5.74) is 1.99. The van der Waals surface area contributed by atoms with E-state index in [1.165, 1.54) is 42.3 Å². The van der Waals surface area contributed by atoms with Gasteiger partial charge in [-0.25, -0.2) is 13.6 Å². The molecule has 0 saturated heterocycles. The van der Waals surface area contributed by atoms with Crippen LogP contribution in [0.3, 0.4) is 0 Å². The summed E-state index contributed by atoms with van der Waals surface area (Å²) >= 11 is 0. The van der Waals surface area contributed by atoms with Crippen molar-refractivity contribution in [3.8, 4) is 0 Å². The van der Waals surface area contributed by atoms with Crippen molar-refractivity contribution in [2.24, 2.45) is 0 Å². The van der Waals surface area contributed by atoms with Gasteiger partial charge in [0.1, 0.15) is 18.2 Å². The maximum absolute atomic E-state index is 13.6. The van der Waals surface area contributed by atoms with Crippen molar-refractivity contribution in [2.75, 3.05) is 38.7 Å². The van der Waals surface area contributed by atoms with Gasteiger partial charge in [-0.2, -0.15) is 0 Å². The van der Waals surface area contributed by atoms with Crippen LogP contribution in [0.4, 0.5) is 19.3 Å². The van der Waals surface area contributed by atoms with Crippen molar-refractivity contribution in [3.05, 3.63) is 89.8 Å². The normalized spacial score (nSPS) is 15.0. The number of carbonyl (C=O) groups is 2. The van der Waals surface area contributed by atoms with Crippen LogP contribution in [0.5, 0.6) is 0 Å². The van der Waals surface area contributed by atoms with Crippen LogP contribution in [0.25, 0.3) is 0 Å². The molecule has 0 fully saturated rings. The van der Waals surface area contributed by atoms with Crippen LogP contribution in [0.2, 0.25) is 0 Å². The fraction of sp³-hybridized carbons (Fsp3) is 0.280. The number of methoxy groups -OCH3 is 1. The summed E-state index contributed by atoms with van der Waals surface area (Å²) in [6.45, 7) is 1.26. The zero-order valence-electron chi connectivity index (χ0n) is 18.8. The van der Waals surface area contributed by atoms with Crippen molar-refractivity contribution >= 4 is 17.6 Å². The van der Waals surface area contributed by atoms with E-state index < -0.39 is 17.9 Å². The van der Waals surface area contributed by atoms with E-state index in [0.29, 0.717) is 18.8 Å². The first-order valence-electron chi connectivity index (χ1n) is 11.0.